The summed E-state index contributed by atoms with van der Waals surface area (Å²) in [6, 6.07) is 0. The standard InChI is InChI=1S/C6H10N4O/c1-9-10-6(11-5-8)3-2-4-7/h2-3,9H,4,7H2,1H3/b3-2-,10-6+. The highest BCUT2D eigenvalue weighted by molar-refractivity contribution is 5.88. The van der Waals surface area contributed by atoms with E-state index < -0.39 is 0 Å². The summed E-state index contributed by atoms with van der Waals surface area (Å²) < 4.78 is 4.44. The summed E-state index contributed by atoms with van der Waals surface area (Å²) >= 11 is 0. The lowest BCUT2D eigenvalue weighted by atomic mass is 10.5. The highest BCUT2D eigenvalue weighted by atomic mass is 16.5. The summed E-state index contributed by atoms with van der Waals surface area (Å²) in [4.78, 5) is 0. The molecule has 0 saturated heterocycles. The summed E-state index contributed by atoms with van der Waals surface area (Å²) in [7, 11) is 1.61. The van der Waals surface area contributed by atoms with E-state index in [0.29, 0.717) is 6.54 Å². The van der Waals surface area contributed by atoms with Crippen molar-refractivity contribution in [3.63, 3.8) is 0 Å². The van der Waals surface area contributed by atoms with Crippen LogP contribution in [0, 0.1) is 11.5 Å². The summed E-state index contributed by atoms with van der Waals surface area (Å²) in [5.74, 6) is 0.195. The number of hydrogen-bond donors (Lipinski definition) is 2. The van der Waals surface area contributed by atoms with Gasteiger partial charge in [0.1, 0.15) is 0 Å². The smallest absolute Gasteiger partial charge is 0.293 e. The first kappa shape index (κ1) is 9.46. The van der Waals surface area contributed by atoms with Crippen molar-refractivity contribution in [1.29, 1.82) is 5.26 Å². The van der Waals surface area contributed by atoms with Gasteiger partial charge in [-0.15, -0.1) is 10.4 Å². The summed E-state index contributed by atoms with van der Waals surface area (Å²) in [5, 5.41) is 11.7. The molecule has 0 fully saturated rings. The maximum Gasteiger partial charge on any atom is 0.293 e. The SMILES string of the molecule is CN/N=C(\C=C/CN)OC#N. The molecule has 0 aromatic heterocycles. The fraction of sp³-hybridized carbons (Fsp3) is 0.333. The van der Waals surface area contributed by atoms with Gasteiger partial charge in [0.05, 0.1) is 0 Å². The average molecular weight is 154 g/mol. The van der Waals surface area contributed by atoms with Gasteiger partial charge in [0.2, 0.25) is 5.90 Å². The van der Waals surface area contributed by atoms with E-state index in [2.05, 4.69) is 15.3 Å². The summed E-state index contributed by atoms with van der Waals surface area (Å²) in [5.41, 5.74) is 7.65. The second-order valence-corrected chi connectivity index (χ2v) is 1.51. The molecule has 0 aromatic rings. The first-order valence-corrected chi connectivity index (χ1v) is 3.02. The van der Waals surface area contributed by atoms with Gasteiger partial charge in [-0.2, -0.15) is 0 Å². The molecule has 0 aromatic carbocycles. The van der Waals surface area contributed by atoms with Crippen LogP contribution in [0.4, 0.5) is 0 Å². The van der Waals surface area contributed by atoms with Gasteiger partial charge in [-0.3, -0.25) is 0 Å². The van der Waals surface area contributed by atoms with Crippen LogP contribution in [0.15, 0.2) is 17.3 Å². The topological polar surface area (TPSA) is 83.4 Å². The Hall–Kier alpha value is -1.54. The molecular weight excluding hydrogens is 144 g/mol. The van der Waals surface area contributed by atoms with Crippen molar-refractivity contribution in [2.24, 2.45) is 10.8 Å². The van der Waals surface area contributed by atoms with Crippen molar-refractivity contribution in [1.82, 2.24) is 5.43 Å². The van der Waals surface area contributed by atoms with E-state index in [1.807, 2.05) is 0 Å². The molecule has 0 atom stereocenters. The molecule has 0 heterocycles. The third-order valence-corrected chi connectivity index (χ3v) is 0.769. The van der Waals surface area contributed by atoms with Crippen LogP contribution in [0.2, 0.25) is 0 Å². The Morgan fingerprint density at radius 1 is 1.91 bits per heavy atom. The predicted octanol–water partition coefficient (Wildman–Crippen LogP) is -0.468. The van der Waals surface area contributed by atoms with Crippen LogP contribution in [0.5, 0.6) is 0 Å². The van der Waals surface area contributed by atoms with Gasteiger partial charge in [-0.05, 0) is 0 Å². The predicted molar refractivity (Wildman–Crippen MR) is 41.4 cm³/mol. The van der Waals surface area contributed by atoms with Crippen LogP contribution in [0.25, 0.3) is 0 Å². The van der Waals surface area contributed by atoms with Gasteiger partial charge in [-0.1, -0.05) is 6.08 Å². The van der Waals surface area contributed by atoms with Crippen LogP contribution < -0.4 is 11.2 Å². The number of hydrazone groups is 1. The molecule has 3 N–H and O–H groups in total. The van der Waals surface area contributed by atoms with Gasteiger partial charge in [0.25, 0.3) is 6.26 Å². The number of ether oxygens (including phenoxy) is 1. The molecule has 0 rings (SSSR count). The molecule has 0 amide bonds. The van der Waals surface area contributed by atoms with Crippen molar-refractivity contribution >= 4 is 5.90 Å². The zero-order chi connectivity index (χ0) is 8.53. The fourth-order valence-corrected chi connectivity index (χ4v) is 0.420. The Bertz CT molecular complexity index is 191. The molecule has 0 saturated carbocycles. The van der Waals surface area contributed by atoms with Crippen molar-refractivity contribution in [2.45, 2.75) is 0 Å². The largest absolute Gasteiger partial charge is 0.366 e. The lowest BCUT2D eigenvalue weighted by molar-refractivity contribution is 0.496. The monoisotopic (exact) mass is 154 g/mol. The lowest BCUT2D eigenvalue weighted by Gasteiger charge is -1.93. The van der Waals surface area contributed by atoms with E-state index in [1.54, 1.807) is 13.1 Å². The minimum absolute atomic E-state index is 0.195. The normalized spacial score (nSPS) is 11.2. The quantitative estimate of drug-likeness (QED) is 0.249. The maximum atomic E-state index is 8.12. The van der Waals surface area contributed by atoms with E-state index in [-0.39, 0.29) is 5.90 Å². The summed E-state index contributed by atoms with van der Waals surface area (Å²) in [6.07, 6.45) is 4.64. The van der Waals surface area contributed by atoms with Crippen LogP contribution in [0.3, 0.4) is 0 Å². The van der Waals surface area contributed by atoms with E-state index in [0.717, 1.165) is 0 Å². The second-order valence-electron chi connectivity index (χ2n) is 1.51. The van der Waals surface area contributed by atoms with E-state index in [1.165, 1.54) is 12.3 Å². The van der Waals surface area contributed by atoms with Gasteiger partial charge < -0.3 is 15.9 Å². The first-order chi connectivity index (χ1) is 5.35. The van der Waals surface area contributed by atoms with Gasteiger partial charge in [0, 0.05) is 19.7 Å². The molecule has 60 valence electrons. The first-order valence-electron chi connectivity index (χ1n) is 3.02. The van der Waals surface area contributed by atoms with Crippen LogP contribution in [0.1, 0.15) is 0 Å². The molecule has 5 heteroatoms. The second kappa shape index (κ2) is 6.58. The Morgan fingerprint density at radius 3 is 3.09 bits per heavy atom. The number of nitriles is 1. The molecule has 0 bridgehead atoms. The van der Waals surface area contributed by atoms with Crippen LogP contribution in [-0.4, -0.2) is 19.5 Å². The van der Waals surface area contributed by atoms with Crippen molar-refractivity contribution < 1.29 is 4.74 Å². The number of nitrogens with zero attached hydrogens (tertiary/aromatic N) is 2. The molecule has 0 aliphatic rings. The van der Waals surface area contributed by atoms with Crippen LogP contribution >= 0.6 is 0 Å². The zero-order valence-electron chi connectivity index (χ0n) is 6.24. The molecule has 0 spiro atoms. The number of hydrogen-bond acceptors (Lipinski definition) is 5. The molecule has 0 radical (unpaired) electrons. The highest BCUT2D eigenvalue weighted by Crippen LogP contribution is 1.81. The van der Waals surface area contributed by atoms with E-state index >= 15 is 0 Å². The van der Waals surface area contributed by atoms with Crippen molar-refractivity contribution in [3.8, 4) is 6.26 Å². The zero-order valence-corrected chi connectivity index (χ0v) is 6.24. The lowest BCUT2D eigenvalue weighted by Crippen LogP contribution is -2.05. The Labute approximate surface area is 65.1 Å². The third-order valence-electron chi connectivity index (χ3n) is 0.769. The van der Waals surface area contributed by atoms with E-state index in [9.17, 15) is 0 Å². The third kappa shape index (κ3) is 4.93. The molecule has 0 unspecified atom stereocenters. The number of nitrogens with two attached hydrogens (primary N) is 1. The van der Waals surface area contributed by atoms with Gasteiger partial charge in [0.15, 0.2) is 0 Å². The van der Waals surface area contributed by atoms with Crippen molar-refractivity contribution in [2.75, 3.05) is 13.6 Å². The Morgan fingerprint density at radius 2 is 2.64 bits per heavy atom. The van der Waals surface area contributed by atoms with Gasteiger partial charge in [-0.25, -0.2) is 0 Å². The Kier molecular flexibility index (Phi) is 5.66. The van der Waals surface area contributed by atoms with Crippen LogP contribution in [-0.2, 0) is 4.74 Å². The minimum Gasteiger partial charge on any atom is -0.366 e. The van der Waals surface area contributed by atoms with Crippen molar-refractivity contribution in [3.05, 3.63) is 12.2 Å². The number of rotatable bonds is 3. The number of nitrogens with one attached hydrogen (secondary N) is 1. The fourth-order valence-electron chi connectivity index (χ4n) is 0.420. The molecule has 0 aliphatic heterocycles. The summed E-state index contributed by atoms with van der Waals surface area (Å²) in [6.45, 7) is 0.386. The molecule has 11 heavy (non-hydrogen) atoms. The minimum atomic E-state index is 0.195. The maximum absolute atomic E-state index is 8.12. The van der Waals surface area contributed by atoms with Gasteiger partial charge >= 0.3 is 0 Å². The Balaban J connectivity index is 4.02. The van der Waals surface area contributed by atoms with E-state index in [4.69, 9.17) is 11.0 Å². The molecule has 5 nitrogen and oxygen atoms in total. The average Bonchev–Trinajstić information content (AvgIpc) is 2.01. The molecule has 0 aliphatic carbocycles. The highest BCUT2D eigenvalue weighted by Gasteiger charge is 1.90. The molecular formula is C6H10N4O.